The summed E-state index contributed by atoms with van der Waals surface area (Å²) in [5.41, 5.74) is 0. The monoisotopic (exact) mass is 230 g/mol. The summed E-state index contributed by atoms with van der Waals surface area (Å²) in [5.74, 6) is -2.62. The van der Waals surface area contributed by atoms with Gasteiger partial charge in [0.25, 0.3) is 0 Å². The van der Waals surface area contributed by atoms with Crippen LogP contribution in [0.4, 0.5) is 8.78 Å². The lowest BCUT2D eigenvalue weighted by Gasteiger charge is -2.11. The summed E-state index contributed by atoms with van der Waals surface area (Å²) < 4.78 is 35.0. The third-order valence-corrected chi connectivity index (χ3v) is 1.99. The Labute approximate surface area is 92.0 Å². The van der Waals surface area contributed by atoms with Crippen molar-refractivity contribution in [2.45, 2.75) is 6.92 Å². The highest BCUT2D eigenvalue weighted by atomic mass is 19.2. The van der Waals surface area contributed by atoms with Crippen molar-refractivity contribution in [3.63, 3.8) is 0 Å². The predicted molar refractivity (Wildman–Crippen MR) is 53.0 cm³/mol. The van der Waals surface area contributed by atoms with Gasteiger partial charge in [-0.2, -0.15) is 0 Å². The zero-order valence-corrected chi connectivity index (χ0v) is 9.00. The normalized spacial score (nSPS) is 12.0. The summed E-state index contributed by atoms with van der Waals surface area (Å²) >= 11 is 0. The SMILES string of the molecule is COC(=O)C(C)COc1ccc(F)c(F)c1. The predicted octanol–water partition coefficient (Wildman–Crippen LogP) is 2.15. The van der Waals surface area contributed by atoms with Crippen LogP contribution in [0.2, 0.25) is 0 Å². The number of ether oxygens (including phenoxy) is 2. The number of rotatable bonds is 4. The number of benzene rings is 1. The van der Waals surface area contributed by atoms with E-state index >= 15 is 0 Å². The standard InChI is InChI=1S/C11H12F2O3/c1-7(11(14)15-2)6-16-8-3-4-9(12)10(13)5-8/h3-5,7H,6H2,1-2H3. The molecular formula is C11H12F2O3. The van der Waals surface area contributed by atoms with Crippen LogP contribution in [-0.2, 0) is 9.53 Å². The highest BCUT2D eigenvalue weighted by Crippen LogP contribution is 2.16. The Balaban J connectivity index is 2.55. The molecule has 5 heteroatoms. The maximum absolute atomic E-state index is 12.8. The van der Waals surface area contributed by atoms with E-state index in [1.165, 1.54) is 13.2 Å². The minimum Gasteiger partial charge on any atom is -0.493 e. The quantitative estimate of drug-likeness (QED) is 0.743. The fourth-order valence-electron chi connectivity index (χ4n) is 1.06. The number of hydrogen-bond acceptors (Lipinski definition) is 3. The summed E-state index contributed by atoms with van der Waals surface area (Å²) in [5, 5.41) is 0. The topological polar surface area (TPSA) is 35.5 Å². The van der Waals surface area contributed by atoms with Gasteiger partial charge in [-0.1, -0.05) is 0 Å². The van der Waals surface area contributed by atoms with Crippen molar-refractivity contribution in [1.29, 1.82) is 0 Å². The first-order valence-corrected chi connectivity index (χ1v) is 4.70. The minimum absolute atomic E-state index is 0.0533. The Hall–Kier alpha value is -1.65. The smallest absolute Gasteiger partial charge is 0.311 e. The molecule has 1 unspecified atom stereocenters. The zero-order chi connectivity index (χ0) is 12.1. The Morgan fingerprint density at radius 3 is 2.62 bits per heavy atom. The van der Waals surface area contributed by atoms with Gasteiger partial charge in [0.15, 0.2) is 11.6 Å². The molecule has 0 radical (unpaired) electrons. The number of methoxy groups -OCH3 is 1. The van der Waals surface area contributed by atoms with Gasteiger partial charge in [0.2, 0.25) is 0 Å². The van der Waals surface area contributed by atoms with E-state index in [9.17, 15) is 13.6 Å². The average molecular weight is 230 g/mol. The van der Waals surface area contributed by atoms with Gasteiger partial charge in [0.1, 0.15) is 12.4 Å². The van der Waals surface area contributed by atoms with E-state index in [2.05, 4.69) is 4.74 Å². The number of esters is 1. The van der Waals surface area contributed by atoms with Crippen molar-refractivity contribution in [3.8, 4) is 5.75 Å². The van der Waals surface area contributed by atoms with E-state index in [4.69, 9.17) is 4.74 Å². The minimum atomic E-state index is -0.983. The lowest BCUT2D eigenvalue weighted by molar-refractivity contribution is -0.145. The molecule has 0 heterocycles. The van der Waals surface area contributed by atoms with Crippen LogP contribution >= 0.6 is 0 Å². The molecule has 0 saturated carbocycles. The van der Waals surface area contributed by atoms with Crippen molar-refractivity contribution in [2.75, 3.05) is 13.7 Å². The van der Waals surface area contributed by atoms with Crippen LogP contribution in [0.15, 0.2) is 18.2 Å². The lowest BCUT2D eigenvalue weighted by Crippen LogP contribution is -2.20. The second-order valence-electron chi connectivity index (χ2n) is 3.31. The van der Waals surface area contributed by atoms with Crippen LogP contribution in [-0.4, -0.2) is 19.7 Å². The van der Waals surface area contributed by atoms with E-state index in [1.54, 1.807) is 6.92 Å². The molecule has 1 atom stereocenters. The number of hydrogen-bond donors (Lipinski definition) is 0. The maximum Gasteiger partial charge on any atom is 0.311 e. The van der Waals surface area contributed by atoms with Crippen LogP contribution in [0.3, 0.4) is 0 Å². The van der Waals surface area contributed by atoms with Gasteiger partial charge in [0, 0.05) is 6.07 Å². The van der Waals surface area contributed by atoms with E-state index in [0.29, 0.717) is 0 Å². The van der Waals surface area contributed by atoms with E-state index in [-0.39, 0.29) is 12.4 Å². The van der Waals surface area contributed by atoms with Crippen LogP contribution in [0, 0.1) is 17.6 Å². The highest BCUT2D eigenvalue weighted by molar-refractivity contribution is 5.71. The van der Waals surface area contributed by atoms with E-state index < -0.39 is 23.5 Å². The van der Waals surface area contributed by atoms with Crippen molar-refractivity contribution in [1.82, 2.24) is 0 Å². The fourth-order valence-corrected chi connectivity index (χ4v) is 1.06. The Bertz CT molecular complexity index is 379. The zero-order valence-electron chi connectivity index (χ0n) is 9.00. The van der Waals surface area contributed by atoms with Crippen LogP contribution in [0.1, 0.15) is 6.92 Å². The molecule has 0 bridgehead atoms. The summed E-state index contributed by atoms with van der Waals surface area (Å²) in [7, 11) is 1.27. The third-order valence-electron chi connectivity index (χ3n) is 1.99. The van der Waals surface area contributed by atoms with Crippen LogP contribution in [0.5, 0.6) is 5.75 Å². The molecule has 0 aliphatic carbocycles. The summed E-state index contributed by atoms with van der Waals surface area (Å²) in [6.07, 6.45) is 0. The highest BCUT2D eigenvalue weighted by Gasteiger charge is 2.14. The molecule has 16 heavy (non-hydrogen) atoms. The van der Waals surface area contributed by atoms with Crippen LogP contribution in [0.25, 0.3) is 0 Å². The molecule has 0 N–H and O–H groups in total. The second kappa shape index (κ2) is 5.44. The molecule has 0 fully saturated rings. The molecule has 3 nitrogen and oxygen atoms in total. The van der Waals surface area contributed by atoms with Gasteiger partial charge in [-0.15, -0.1) is 0 Å². The molecule has 1 aromatic rings. The average Bonchev–Trinajstić information content (AvgIpc) is 2.29. The first-order chi connectivity index (χ1) is 7.54. The van der Waals surface area contributed by atoms with Crippen molar-refractivity contribution in [2.24, 2.45) is 5.92 Å². The number of halogens is 2. The second-order valence-corrected chi connectivity index (χ2v) is 3.31. The fraction of sp³-hybridized carbons (Fsp3) is 0.364. The van der Waals surface area contributed by atoms with Crippen molar-refractivity contribution in [3.05, 3.63) is 29.8 Å². The first-order valence-electron chi connectivity index (χ1n) is 4.70. The van der Waals surface area contributed by atoms with Gasteiger partial charge >= 0.3 is 5.97 Å². The summed E-state index contributed by atoms with van der Waals surface area (Å²) in [6, 6.07) is 3.19. The summed E-state index contributed by atoms with van der Waals surface area (Å²) in [4.78, 5) is 11.0. The Morgan fingerprint density at radius 1 is 1.38 bits per heavy atom. The van der Waals surface area contributed by atoms with E-state index in [0.717, 1.165) is 12.1 Å². The molecule has 0 aliphatic heterocycles. The molecule has 1 aromatic carbocycles. The molecule has 1 rings (SSSR count). The largest absolute Gasteiger partial charge is 0.493 e. The lowest BCUT2D eigenvalue weighted by atomic mass is 10.2. The Morgan fingerprint density at radius 2 is 2.06 bits per heavy atom. The number of carbonyl (C=O) groups excluding carboxylic acids is 1. The van der Waals surface area contributed by atoms with Gasteiger partial charge in [-0.05, 0) is 19.1 Å². The number of carbonyl (C=O) groups is 1. The third kappa shape index (κ3) is 3.18. The summed E-state index contributed by atoms with van der Waals surface area (Å²) in [6.45, 7) is 1.67. The van der Waals surface area contributed by atoms with Gasteiger partial charge in [-0.3, -0.25) is 4.79 Å². The molecule has 0 aromatic heterocycles. The maximum atomic E-state index is 12.8. The molecular weight excluding hydrogens is 218 g/mol. The van der Waals surface area contributed by atoms with Gasteiger partial charge in [0.05, 0.1) is 13.0 Å². The molecule has 0 amide bonds. The van der Waals surface area contributed by atoms with Gasteiger partial charge < -0.3 is 9.47 Å². The molecule has 0 saturated heterocycles. The molecule has 0 aliphatic rings. The van der Waals surface area contributed by atoms with E-state index in [1.807, 2.05) is 0 Å². The van der Waals surface area contributed by atoms with Crippen molar-refractivity contribution < 1.29 is 23.0 Å². The van der Waals surface area contributed by atoms with Gasteiger partial charge in [-0.25, -0.2) is 8.78 Å². The molecule has 0 spiro atoms. The van der Waals surface area contributed by atoms with Crippen molar-refractivity contribution >= 4 is 5.97 Å². The Kier molecular flexibility index (Phi) is 4.22. The first kappa shape index (κ1) is 12.4. The molecule has 88 valence electrons. The van der Waals surface area contributed by atoms with Crippen LogP contribution < -0.4 is 4.74 Å².